The first-order valence-corrected chi connectivity index (χ1v) is 9.78. The van der Waals surface area contributed by atoms with Crippen molar-refractivity contribution in [2.24, 2.45) is 0 Å². The van der Waals surface area contributed by atoms with Gasteiger partial charge in [0.2, 0.25) is 11.0 Å². The van der Waals surface area contributed by atoms with Gasteiger partial charge in [-0.25, -0.2) is 0 Å². The molecular formula is C18H18N4O3S2. The number of carbonyl (C=O) groups excluding carboxylic acids is 1. The number of amides is 1. The molecule has 3 rings (SSSR count). The molecule has 0 aliphatic carbocycles. The second kappa shape index (κ2) is 9.24. The topological polar surface area (TPSA) is 85.4 Å². The summed E-state index contributed by atoms with van der Waals surface area (Å²) in [6, 6.07) is 15.0. The van der Waals surface area contributed by atoms with Gasteiger partial charge in [-0.3, -0.25) is 4.79 Å². The van der Waals surface area contributed by atoms with Gasteiger partial charge < -0.3 is 20.1 Å². The lowest BCUT2D eigenvalue weighted by Gasteiger charge is -2.11. The molecule has 1 amide bonds. The van der Waals surface area contributed by atoms with E-state index in [2.05, 4.69) is 20.8 Å². The molecule has 7 nitrogen and oxygen atoms in total. The number of carbonyl (C=O) groups is 1. The predicted molar refractivity (Wildman–Crippen MR) is 109 cm³/mol. The molecule has 0 radical (unpaired) electrons. The van der Waals surface area contributed by atoms with Gasteiger partial charge in [0.1, 0.15) is 11.5 Å². The van der Waals surface area contributed by atoms with Crippen molar-refractivity contribution in [3.8, 4) is 11.5 Å². The number of nitrogens with one attached hydrogen (secondary N) is 2. The smallest absolute Gasteiger partial charge is 0.234 e. The van der Waals surface area contributed by atoms with Crippen molar-refractivity contribution < 1.29 is 14.3 Å². The lowest BCUT2D eigenvalue weighted by atomic mass is 10.2. The fourth-order valence-corrected chi connectivity index (χ4v) is 3.76. The van der Waals surface area contributed by atoms with E-state index in [0.29, 0.717) is 26.7 Å². The molecule has 27 heavy (non-hydrogen) atoms. The van der Waals surface area contributed by atoms with E-state index in [9.17, 15) is 4.79 Å². The van der Waals surface area contributed by atoms with Gasteiger partial charge in [-0.2, -0.15) is 0 Å². The van der Waals surface area contributed by atoms with Gasteiger partial charge in [-0.1, -0.05) is 41.3 Å². The van der Waals surface area contributed by atoms with Crippen LogP contribution in [0.15, 0.2) is 52.9 Å². The van der Waals surface area contributed by atoms with Crippen molar-refractivity contribution >= 4 is 45.5 Å². The van der Waals surface area contributed by atoms with E-state index in [0.717, 1.165) is 5.69 Å². The van der Waals surface area contributed by atoms with Crippen LogP contribution in [0.3, 0.4) is 0 Å². The number of methoxy groups -OCH3 is 2. The minimum atomic E-state index is -0.167. The van der Waals surface area contributed by atoms with Gasteiger partial charge in [0.05, 0.1) is 25.7 Å². The molecule has 9 heteroatoms. The third kappa shape index (κ3) is 5.35. The van der Waals surface area contributed by atoms with Crippen LogP contribution in [0.5, 0.6) is 11.5 Å². The van der Waals surface area contributed by atoms with E-state index in [-0.39, 0.29) is 11.7 Å². The summed E-state index contributed by atoms with van der Waals surface area (Å²) in [6.07, 6.45) is 0. The fourth-order valence-electron chi connectivity index (χ4n) is 2.19. The average Bonchev–Trinajstić information content (AvgIpc) is 3.14. The van der Waals surface area contributed by atoms with Crippen LogP contribution in [0.1, 0.15) is 0 Å². The Kier molecular flexibility index (Phi) is 6.50. The molecule has 0 saturated carbocycles. The third-order valence-electron chi connectivity index (χ3n) is 3.44. The summed E-state index contributed by atoms with van der Waals surface area (Å²) in [5.74, 6) is 1.25. The maximum absolute atomic E-state index is 12.3. The number of aromatic nitrogens is 2. The monoisotopic (exact) mass is 402 g/mol. The molecule has 2 N–H and O–H groups in total. The molecule has 0 fully saturated rings. The van der Waals surface area contributed by atoms with E-state index >= 15 is 0 Å². The highest BCUT2D eigenvalue weighted by Crippen LogP contribution is 2.30. The average molecular weight is 403 g/mol. The molecule has 0 saturated heterocycles. The summed E-state index contributed by atoms with van der Waals surface area (Å²) in [5, 5.41) is 14.9. The van der Waals surface area contributed by atoms with Gasteiger partial charge in [0, 0.05) is 11.8 Å². The minimum Gasteiger partial charge on any atom is -0.497 e. The number of para-hydroxylation sites is 1. The van der Waals surface area contributed by atoms with Crippen LogP contribution in [-0.4, -0.2) is 36.1 Å². The van der Waals surface area contributed by atoms with Crippen molar-refractivity contribution in [2.75, 3.05) is 30.6 Å². The highest BCUT2D eigenvalue weighted by atomic mass is 32.2. The maximum atomic E-state index is 12.3. The van der Waals surface area contributed by atoms with Crippen molar-refractivity contribution in [3.05, 3.63) is 48.5 Å². The molecule has 0 atom stereocenters. The van der Waals surface area contributed by atoms with E-state index in [4.69, 9.17) is 9.47 Å². The fraction of sp³-hybridized carbons (Fsp3) is 0.167. The molecular weight excluding hydrogens is 384 g/mol. The molecule has 2 aromatic carbocycles. The Morgan fingerprint density at radius 3 is 2.67 bits per heavy atom. The molecule has 0 aliphatic rings. The van der Waals surface area contributed by atoms with Crippen LogP contribution in [0.4, 0.5) is 16.5 Å². The molecule has 0 aliphatic heterocycles. The zero-order valence-corrected chi connectivity index (χ0v) is 16.4. The summed E-state index contributed by atoms with van der Waals surface area (Å²) in [5.41, 5.74) is 1.50. The Bertz CT molecular complexity index is 903. The van der Waals surface area contributed by atoms with Crippen LogP contribution < -0.4 is 20.1 Å². The number of ether oxygens (including phenoxy) is 2. The predicted octanol–water partition coefficient (Wildman–Crippen LogP) is 4.03. The highest BCUT2D eigenvalue weighted by molar-refractivity contribution is 8.01. The summed E-state index contributed by atoms with van der Waals surface area (Å²) in [7, 11) is 3.12. The zero-order valence-electron chi connectivity index (χ0n) is 14.8. The minimum absolute atomic E-state index is 0.167. The Hall–Kier alpha value is -2.78. The van der Waals surface area contributed by atoms with Gasteiger partial charge in [-0.15, -0.1) is 10.2 Å². The molecule has 0 spiro atoms. The van der Waals surface area contributed by atoms with Gasteiger partial charge in [-0.05, 0) is 24.3 Å². The third-order valence-corrected chi connectivity index (χ3v) is 5.41. The largest absolute Gasteiger partial charge is 0.497 e. The molecule has 3 aromatic rings. The zero-order chi connectivity index (χ0) is 19.1. The number of rotatable bonds is 8. The van der Waals surface area contributed by atoms with E-state index in [1.165, 1.54) is 23.1 Å². The first-order chi connectivity index (χ1) is 13.2. The normalized spacial score (nSPS) is 10.3. The Morgan fingerprint density at radius 1 is 1.11 bits per heavy atom. The van der Waals surface area contributed by atoms with Crippen molar-refractivity contribution in [1.29, 1.82) is 0 Å². The lowest BCUT2D eigenvalue weighted by Crippen LogP contribution is -2.14. The molecule has 1 aromatic heterocycles. The summed E-state index contributed by atoms with van der Waals surface area (Å²) in [4.78, 5) is 12.3. The number of hydrogen-bond acceptors (Lipinski definition) is 8. The second-order valence-electron chi connectivity index (χ2n) is 5.27. The Morgan fingerprint density at radius 2 is 1.93 bits per heavy atom. The van der Waals surface area contributed by atoms with Crippen molar-refractivity contribution in [3.63, 3.8) is 0 Å². The molecule has 1 heterocycles. The van der Waals surface area contributed by atoms with Crippen molar-refractivity contribution in [2.45, 2.75) is 4.34 Å². The number of benzene rings is 2. The van der Waals surface area contributed by atoms with Crippen LogP contribution in [0, 0.1) is 0 Å². The summed E-state index contributed by atoms with van der Waals surface area (Å²) >= 11 is 2.72. The van der Waals surface area contributed by atoms with Gasteiger partial charge in [0.25, 0.3) is 0 Å². The Balaban J connectivity index is 1.55. The molecule has 0 bridgehead atoms. The second-order valence-corrected chi connectivity index (χ2v) is 7.47. The maximum Gasteiger partial charge on any atom is 0.234 e. The molecule has 140 valence electrons. The standard InChI is InChI=1S/C18H18N4O3S2/c1-24-13-8-9-15(25-2)14(10-13)20-16(23)11-26-18-22-21-17(27-18)19-12-6-4-3-5-7-12/h3-10H,11H2,1-2H3,(H,19,21)(H,20,23). The number of anilines is 3. The summed E-state index contributed by atoms with van der Waals surface area (Å²) in [6.45, 7) is 0. The first kappa shape index (κ1) is 19.0. The number of hydrogen-bond donors (Lipinski definition) is 2. The molecule has 0 unspecified atom stereocenters. The number of thioether (sulfide) groups is 1. The van der Waals surface area contributed by atoms with Crippen LogP contribution in [-0.2, 0) is 4.79 Å². The first-order valence-electron chi connectivity index (χ1n) is 7.98. The Labute approximate surface area is 165 Å². The van der Waals surface area contributed by atoms with Gasteiger partial charge >= 0.3 is 0 Å². The highest BCUT2D eigenvalue weighted by Gasteiger charge is 2.12. The van der Waals surface area contributed by atoms with Crippen LogP contribution >= 0.6 is 23.1 Å². The quantitative estimate of drug-likeness (QED) is 0.550. The van der Waals surface area contributed by atoms with Crippen LogP contribution in [0.25, 0.3) is 0 Å². The van der Waals surface area contributed by atoms with E-state index in [1.54, 1.807) is 32.4 Å². The summed E-state index contributed by atoms with van der Waals surface area (Å²) < 4.78 is 11.2. The van der Waals surface area contributed by atoms with Crippen molar-refractivity contribution in [1.82, 2.24) is 10.2 Å². The van der Waals surface area contributed by atoms with E-state index < -0.39 is 0 Å². The van der Waals surface area contributed by atoms with E-state index in [1.807, 2.05) is 30.3 Å². The SMILES string of the molecule is COc1ccc(OC)c(NC(=O)CSc2nnc(Nc3ccccc3)s2)c1. The lowest BCUT2D eigenvalue weighted by molar-refractivity contribution is -0.113. The number of nitrogens with zero attached hydrogens (tertiary/aromatic N) is 2. The van der Waals surface area contributed by atoms with Crippen LogP contribution in [0.2, 0.25) is 0 Å². The van der Waals surface area contributed by atoms with Gasteiger partial charge in [0.15, 0.2) is 4.34 Å².